The van der Waals surface area contributed by atoms with Crippen molar-refractivity contribution in [2.75, 3.05) is 7.11 Å². The van der Waals surface area contributed by atoms with Crippen molar-refractivity contribution in [3.05, 3.63) is 71.6 Å². The fraction of sp³-hybridized carbons (Fsp3) is 0.238. The lowest BCUT2D eigenvalue weighted by Gasteiger charge is -2.06. The summed E-state index contributed by atoms with van der Waals surface area (Å²) in [6.07, 6.45) is 0.925. The number of carbonyl (C=O) groups excluding carboxylic acids is 1. The minimum atomic E-state index is -0.00974. The summed E-state index contributed by atoms with van der Waals surface area (Å²) in [5.74, 6) is 2.14. The van der Waals surface area contributed by atoms with Gasteiger partial charge in [-0.2, -0.15) is 0 Å². The van der Waals surface area contributed by atoms with Crippen LogP contribution in [-0.4, -0.2) is 18.0 Å². The maximum atomic E-state index is 12.1. The molecule has 0 radical (unpaired) electrons. The minimum Gasteiger partial charge on any atom is -0.497 e. The van der Waals surface area contributed by atoms with E-state index in [1.54, 1.807) is 7.11 Å². The predicted molar refractivity (Wildman–Crippen MR) is 99.8 cm³/mol. The van der Waals surface area contributed by atoms with Gasteiger partial charge in [0, 0.05) is 24.9 Å². The molecule has 0 unspecified atom stereocenters. The standard InChI is InChI=1S/C21H22N2O3/c1-15-19(23-21(26-15)17-6-4-3-5-7-17)12-13-20(24)22-14-16-8-10-18(25-2)11-9-16/h3-11H,12-14H2,1-2H3,(H,22,24). The Hall–Kier alpha value is -3.08. The molecule has 1 heterocycles. The highest BCUT2D eigenvalue weighted by molar-refractivity contribution is 5.76. The van der Waals surface area contributed by atoms with Gasteiger partial charge < -0.3 is 14.5 Å². The molecule has 2 aromatic carbocycles. The van der Waals surface area contributed by atoms with Gasteiger partial charge >= 0.3 is 0 Å². The Labute approximate surface area is 153 Å². The predicted octanol–water partition coefficient (Wildman–Crippen LogP) is 3.91. The van der Waals surface area contributed by atoms with Crippen LogP contribution in [0.25, 0.3) is 11.5 Å². The molecule has 3 rings (SSSR count). The van der Waals surface area contributed by atoms with Gasteiger partial charge in [-0.15, -0.1) is 0 Å². The summed E-state index contributed by atoms with van der Waals surface area (Å²) in [6, 6.07) is 17.4. The first-order chi connectivity index (χ1) is 12.7. The van der Waals surface area contributed by atoms with Crippen molar-refractivity contribution in [2.45, 2.75) is 26.3 Å². The van der Waals surface area contributed by atoms with E-state index < -0.39 is 0 Å². The van der Waals surface area contributed by atoms with Gasteiger partial charge in [0.1, 0.15) is 11.5 Å². The van der Waals surface area contributed by atoms with Crippen LogP contribution in [0.5, 0.6) is 5.75 Å². The number of methoxy groups -OCH3 is 1. The Morgan fingerprint density at radius 1 is 1.12 bits per heavy atom. The van der Waals surface area contributed by atoms with E-state index in [2.05, 4.69) is 10.3 Å². The molecule has 0 aliphatic rings. The van der Waals surface area contributed by atoms with E-state index in [9.17, 15) is 4.79 Å². The second-order valence-electron chi connectivity index (χ2n) is 6.01. The lowest BCUT2D eigenvalue weighted by Crippen LogP contribution is -2.23. The molecule has 0 bridgehead atoms. The van der Waals surface area contributed by atoms with E-state index in [-0.39, 0.29) is 5.91 Å². The van der Waals surface area contributed by atoms with E-state index in [1.807, 2.05) is 61.5 Å². The highest BCUT2D eigenvalue weighted by Crippen LogP contribution is 2.22. The smallest absolute Gasteiger partial charge is 0.226 e. The Kier molecular flexibility index (Phi) is 5.69. The highest BCUT2D eigenvalue weighted by atomic mass is 16.5. The van der Waals surface area contributed by atoms with E-state index in [1.165, 1.54) is 0 Å². The quantitative estimate of drug-likeness (QED) is 0.702. The number of oxazole rings is 1. The largest absolute Gasteiger partial charge is 0.497 e. The van der Waals surface area contributed by atoms with Gasteiger partial charge in [-0.3, -0.25) is 4.79 Å². The van der Waals surface area contributed by atoms with Crippen LogP contribution in [0.2, 0.25) is 0 Å². The summed E-state index contributed by atoms with van der Waals surface area (Å²) in [4.78, 5) is 16.6. The zero-order chi connectivity index (χ0) is 18.4. The molecule has 1 N–H and O–H groups in total. The van der Waals surface area contributed by atoms with E-state index in [4.69, 9.17) is 9.15 Å². The van der Waals surface area contributed by atoms with Crippen molar-refractivity contribution in [3.63, 3.8) is 0 Å². The Morgan fingerprint density at radius 2 is 1.85 bits per heavy atom. The van der Waals surface area contributed by atoms with Crippen LogP contribution in [-0.2, 0) is 17.8 Å². The fourth-order valence-electron chi connectivity index (χ4n) is 2.63. The van der Waals surface area contributed by atoms with Crippen molar-refractivity contribution in [1.82, 2.24) is 10.3 Å². The maximum absolute atomic E-state index is 12.1. The van der Waals surface area contributed by atoms with Gasteiger partial charge in [-0.25, -0.2) is 4.98 Å². The molecule has 0 atom stereocenters. The SMILES string of the molecule is COc1ccc(CNC(=O)CCc2nc(-c3ccccc3)oc2C)cc1. The van der Waals surface area contributed by atoms with Crippen LogP contribution in [0.15, 0.2) is 59.0 Å². The minimum absolute atomic E-state index is 0.00974. The topological polar surface area (TPSA) is 64.4 Å². The van der Waals surface area contributed by atoms with Crippen molar-refractivity contribution in [1.29, 1.82) is 0 Å². The molecule has 5 nitrogen and oxygen atoms in total. The zero-order valence-corrected chi connectivity index (χ0v) is 15.0. The third kappa shape index (κ3) is 4.51. The monoisotopic (exact) mass is 350 g/mol. The zero-order valence-electron chi connectivity index (χ0n) is 15.0. The van der Waals surface area contributed by atoms with Gasteiger partial charge in [0.2, 0.25) is 11.8 Å². The molecule has 0 saturated heterocycles. The summed E-state index contributed by atoms with van der Waals surface area (Å²) in [5, 5.41) is 2.93. The molecule has 5 heteroatoms. The molecule has 0 aliphatic heterocycles. The van der Waals surface area contributed by atoms with Gasteiger partial charge in [-0.05, 0) is 36.8 Å². The van der Waals surface area contributed by atoms with Crippen LogP contribution in [0.3, 0.4) is 0 Å². The molecule has 26 heavy (non-hydrogen) atoms. The number of aromatic nitrogens is 1. The van der Waals surface area contributed by atoms with Crippen LogP contribution in [0, 0.1) is 6.92 Å². The number of hydrogen-bond acceptors (Lipinski definition) is 4. The molecule has 0 saturated carbocycles. The van der Waals surface area contributed by atoms with Gasteiger partial charge in [0.05, 0.1) is 12.8 Å². The third-order valence-electron chi connectivity index (χ3n) is 4.15. The normalized spacial score (nSPS) is 10.5. The highest BCUT2D eigenvalue weighted by Gasteiger charge is 2.12. The number of ether oxygens (including phenoxy) is 1. The molecule has 0 fully saturated rings. The molecule has 0 aliphatic carbocycles. The van der Waals surface area contributed by atoms with E-state index in [0.717, 1.165) is 28.3 Å². The lowest BCUT2D eigenvalue weighted by molar-refractivity contribution is -0.121. The summed E-state index contributed by atoms with van der Waals surface area (Å²) < 4.78 is 10.9. The lowest BCUT2D eigenvalue weighted by atomic mass is 10.2. The molecule has 1 aromatic heterocycles. The molecule has 1 amide bonds. The second kappa shape index (κ2) is 8.34. The van der Waals surface area contributed by atoms with Crippen LogP contribution in [0.1, 0.15) is 23.4 Å². The Balaban J connectivity index is 1.52. The first-order valence-electron chi connectivity index (χ1n) is 8.57. The summed E-state index contributed by atoms with van der Waals surface area (Å²) >= 11 is 0. The second-order valence-corrected chi connectivity index (χ2v) is 6.01. The van der Waals surface area contributed by atoms with E-state index >= 15 is 0 Å². The van der Waals surface area contributed by atoms with Gasteiger partial charge in [0.25, 0.3) is 0 Å². The van der Waals surface area contributed by atoms with Crippen LogP contribution >= 0.6 is 0 Å². The summed E-state index contributed by atoms with van der Waals surface area (Å²) in [7, 11) is 1.63. The summed E-state index contributed by atoms with van der Waals surface area (Å²) in [6.45, 7) is 2.37. The molecule has 134 valence electrons. The number of nitrogens with zero attached hydrogens (tertiary/aromatic N) is 1. The molecular formula is C21H22N2O3. The van der Waals surface area contributed by atoms with Crippen molar-refractivity contribution in [2.24, 2.45) is 0 Å². The van der Waals surface area contributed by atoms with Crippen molar-refractivity contribution >= 4 is 5.91 Å². The van der Waals surface area contributed by atoms with Crippen LogP contribution < -0.4 is 10.1 Å². The first kappa shape index (κ1) is 17.7. The molecule has 3 aromatic rings. The maximum Gasteiger partial charge on any atom is 0.226 e. The average molecular weight is 350 g/mol. The number of aryl methyl sites for hydroxylation is 2. The van der Waals surface area contributed by atoms with E-state index in [0.29, 0.717) is 25.3 Å². The number of nitrogens with one attached hydrogen (secondary N) is 1. The Bertz CT molecular complexity index is 855. The first-order valence-corrected chi connectivity index (χ1v) is 8.57. The Morgan fingerprint density at radius 3 is 2.54 bits per heavy atom. The number of rotatable bonds is 7. The van der Waals surface area contributed by atoms with Crippen molar-refractivity contribution in [3.8, 4) is 17.2 Å². The number of carbonyl (C=O) groups is 1. The number of benzene rings is 2. The number of hydrogen-bond donors (Lipinski definition) is 1. The fourth-order valence-corrected chi connectivity index (χ4v) is 2.63. The summed E-state index contributed by atoms with van der Waals surface area (Å²) in [5.41, 5.74) is 2.79. The van der Waals surface area contributed by atoms with Gasteiger partial charge in [0.15, 0.2) is 0 Å². The van der Waals surface area contributed by atoms with Crippen LogP contribution in [0.4, 0.5) is 0 Å². The third-order valence-corrected chi connectivity index (χ3v) is 4.15. The molecule has 0 spiro atoms. The number of amides is 1. The average Bonchev–Trinajstić information content (AvgIpc) is 3.06. The van der Waals surface area contributed by atoms with Crippen molar-refractivity contribution < 1.29 is 13.9 Å². The molecular weight excluding hydrogens is 328 g/mol. The van der Waals surface area contributed by atoms with Gasteiger partial charge in [-0.1, -0.05) is 30.3 Å².